The zero-order chi connectivity index (χ0) is 24.9. The summed E-state index contributed by atoms with van der Waals surface area (Å²) in [5.41, 5.74) is -1.94. The highest BCUT2D eigenvalue weighted by molar-refractivity contribution is 6.33. The minimum Gasteiger partial charge on any atom is -0.505 e. The Morgan fingerprint density at radius 3 is 2.43 bits per heavy atom. The molecule has 0 aliphatic carbocycles. The molecule has 3 aromatic rings. The molecule has 1 atom stereocenters. The van der Waals surface area contributed by atoms with Crippen molar-refractivity contribution < 1.29 is 19.1 Å². The lowest BCUT2D eigenvalue weighted by Crippen LogP contribution is -2.55. The van der Waals surface area contributed by atoms with E-state index in [2.05, 4.69) is 10.6 Å². The number of para-hydroxylation sites is 1. The third-order valence-electron chi connectivity index (χ3n) is 6.39. The molecule has 0 aromatic heterocycles. The van der Waals surface area contributed by atoms with Gasteiger partial charge in [0.05, 0.1) is 22.0 Å². The molecule has 1 unspecified atom stereocenters. The maximum absolute atomic E-state index is 13.7. The standard InChI is InChI=1S/C24H20ClFN4O5/c25-18-14(26)6-2-7-15(18)27-19-20(23(34)22(19)33)28-16-8-1-5-13(21(16)32)24(35)29-10-12-4-3-9-30(12)17(31)11-29/h1-2,5-8,12,27-28,32H,3-4,9-11H2. The van der Waals surface area contributed by atoms with Gasteiger partial charge >= 0.3 is 0 Å². The van der Waals surface area contributed by atoms with Gasteiger partial charge in [0.2, 0.25) is 5.91 Å². The highest BCUT2D eigenvalue weighted by atomic mass is 35.5. The maximum atomic E-state index is 13.7. The van der Waals surface area contributed by atoms with Crippen LogP contribution < -0.4 is 21.5 Å². The first-order valence-corrected chi connectivity index (χ1v) is 11.4. The highest BCUT2D eigenvalue weighted by Gasteiger charge is 2.38. The van der Waals surface area contributed by atoms with E-state index >= 15 is 0 Å². The molecular formula is C24H20ClFN4O5. The normalized spacial score (nSPS) is 17.5. The molecule has 3 aromatic carbocycles. The van der Waals surface area contributed by atoms with Crippen molar-refractivity contribution in [1.29, 1.82) is 0 Å². The van der Waals surface area contributed by atoms with Gasteiger partial charge in [-0.2, -0.15) is 0 Å². The monoisotopic (exact) mass is 498 g/mol. The molecule has 180 valence electrons. The number of anilines is 4. The van der Waals surface area contributed by atoms with E-state index in [-0.39, 0.29) is 51.8 Å². The van der Waals surface area contributed by atoms with Crippen LogP contribution >= 0.6 is 11.6 Å². The Morgan fingerprint density at radius 1 is 1.03 bits per heavy atom. The van der Waals surface area contributed by atoms with Crippen LogP contribution in [0.5, 0.6) is 5.75 Å². The minimum atomic E-state index is -0.848. The van der Waals surface area contributed by atoms with Crippen molar-refractivity contribution in [2.45, 2.75) is 18.9 Å². The van der Waals surface area contributed by atoms with Crippen LogP contribution in [0.15, 0.2) is 46.0 Å². The van der Waals surface area contributed by atoms with Gasteiger partial charge in [0, 0.05) is 19.1 Å². The summed E-state index contributed by atoms with van der Waals surface area (Å²) < 4.78 is 13.7. The van der Waals surface area contributed by atoms with E-state index < -0.39 is 28.3 Å². The van der Waals surface area contributed by atoms with Gasteiger partial charge in [0.25, 0.3) is 16.8 Å². The fraction of sp³-hybridized carbons (Fsp3) is 0.250. The van der Waals surface area contributed by atoms with E-state index in [0.29, 0.717) is 13.1 Å². The fourth-order valence-corrected chi connectivity index (χ4v) is 4.74. The average molecular weight is 499 g/mol. The van der Waals surface area contributed by atoms with Crippen molar-refractivity contribution in [3.8, 4) is 5.75 Å². The van der Waals surface area contributed by atoms with E-state index in [1.54, 1.807) is 4.90 Å². The number of phenolic OH excluding ortho intramolecular Hbond substituents is 1. The number of carbonyl (C=O) groups excluding carboxylic acids is 2. The zero-order valence-corrected chi connectivity index (χ0v) is 19.1. The van der Waals surface area contributed by atoms with Crippen molar-refractivity contribution in [3.05, 3.63) is 73.2 Å². The summed E-state index contributed by atoms with van der Waals surface area (Å²) in [4.78, 5) is 53.1. The molecule has 0 bridgehead atoms. The molecule has 2 aliphatic heterocycles. The van der Waals surface area contributed by atoms with Gasteiger partial charge in [-0.15, -0.1) is 0 Å². The third kappa shape index (κ3) is 3.89. The largest absolute Gasteiger partial charge is 0.505 e. The predicted molar refractivity (Wildman–Crippen MR) is 128 cm³/mol. The molecule has 3 N–H and O–H groups in total. The second-order valence-electron chi connectivity index (χ2n) is 8.53. The quantitative estimate of drug-likeness (QED) is 0.365. The number of phenols is 1. The number of piperazine rings is 1. The van der Waals surface area contributed by atoms with Crippen molar-refractivity contribution in [1.82, 2.24) is 9.80 Å². The Kier molecular flexibility index (Phi) is 5.68. The van der Waals surface area contributed by atoms with Crippen molar-refractivity contribution >= 4 is 46.2 Å². The Hall–Kier alpha value is -3.92. The highest BCUT2D eigenvalue weighted by Crippen LogP contribution is 2.35. The van der Waals surface area contributed by atoms with Crippen molar-refractivity contribution in [3.63, 3.8) is 0 Å². The van der Waals surface area contributed by atoms with Crippen LogP contribution in [0, 0.1) is 5.82 Å². The molecule has 0 saturated carbocycles. The van der Waals surface area contributed by atoms with Crippen LogP contribution in [0.25, 0.3) is 0 Å². The number of carbonyl (C=O) groups is 2. The molecule has 5 rings (SSSR count). The number of rotatable bonds is 5. The summed E-state index contributed by atoms with van der Waals surface area (Å²) in [6.07, 6.45) is 1.71. The lowest BCUT2D eigenvalue weighted by Gasteiger charge is -2.37. The van der Waals surface area contributed by atoms with Crippen LogP contribution in [0.2, 0.25) is 5.02 Å². The number of hydrogen-bond acceptors (Lipinski definition) is 7. The molecular weight excluding hydrogens is 479 g/mol. The number of nitrogens with zero attached hydrogens (tertiary/aromatic N) is 2. The Morgan fingerprint density at radius 2 is 1.69 bits per heavy atom. The van der Waals surface area contributed by atoms with Gasteiger partial charge in [-0.25, -0.2) is 4.39 Å². The van der Waals surface area contributed by atoms with E-state index in [0.717, 1.165) is 18.9 Å². The molecule has 2 fully saturated rings. The SMILES string of the molecule is O=C(c1cccc(Nc2c(Nc3cccc(F)c3Cl)c(=O)c2=O)c1O)N1CC(=O)N2CCCC2C1. The van der Waals surface area contributed by atoms with E-state index in [1.165, 1.54) is 35.2 Å². The first kappa shape index (κ1) is 22.9. The zero-order valence-electron chi connectivity index (χ0n) is 18.3. The molecule has 2 saturated heterocycles. The number of amides is 2. The van der Waals surface area contributed by atoms with Crippen LogP contribution in [-0.2, 0) is 4.79 Å². The summed E-state index contributed by atoms with van der Waals surface area (Å²) >= 11 is 5.92. The lowest BCUT2D eigenvalue weighted by molar-refractivity contribution is -0.136. The van der Waals surface area contributed by atoms with Gasteiger partial charge in [0.1, 0.15) is 23.7 Å². The number of halogens is 2. The topological polar surface area (TPSA) is 119 Å². The summed E-state index contributed by atoms with van der Waals surface area (Å²) in [6.45, 7) is 0.991. The maximum Gasteiger partial charge on any atom is 0.258 e. The molecule has 11 heteroatoms. The number of hydrogen-bond donors (Lipinski definition) is 3. The minimum absolute atomic E-state index is 0.0159. The lowest BCUT2D eigenvalue weighted by atomic mass is 10.1. The first-order valence-electron chi connectivity index (χ1n) is 11.0. The van der Waals surface area contributed by atoms with Crippen molar-refractivity contribution in [2.75, 3.05) is 30.3 Å². The molecule has 2 aliphatic rings. The summed E-state index contributed by atoms with van der Waals surface area (Å²) in [5.74, 6) is -1.77. The third-order valence-corrected chi connectivity index (χ3v) is 6.77. The van der Waals surface area contributed by atoms with E-state index in [1.807, 2.05) is 0 Å². The summed E-state index contributed by atoms with van der Waals surface area (Å²) in [7, 11) is 0. The fourth-order valence-electron chi connectivity index (χ4n) is 4.57. The number of nitrogens with one attached hydrogen (secondary N) is 2. The Bertz CT molecular complexity index is 1430. The molecule has 0 radical (unpaired) electrons. The van der Waals surface area contributed by atoms with Crippen molar-refractivity contribution in [2.24, 2.45) is 0 Å². The van der Waals surface area contributed by atoms with Gasteiger partial charge in [-0.3, -0.25) is 19.2 Å². The van der Waals surface area contributed by atoms with Gasteiger partial charge in [-0.1, -0.05) is 23.7 Å². The predicted octanol–water partition coefficient (Wildman–Crippen LogP) is 2.71. The van der Waals surface area contributed by atoms with Gasteiger partial charge < -0.3 is 25.5 Å². The van der Waals surface area contributed by atoms with Crippen LogP contribution in [0.1, 0.15) is 23.2 Å². The average Bonchev–Trinajstić information content (AvgIpc) is 3.33. The van der Waals surface area contributed by atoms with Gasteiger partial charge in [0.15, 0.2) is 5.75 Å². The molecule has 9 nitrogen and oxygen atoms in total. The Labute approximate surface area is 203 Å². The number of benzene rings is 2. The number of fused-ring (bicyclic) bond motifs is 1. The van der Waals surface area contributed by atoms with E-state index in [9.17, 15) is 28.7 Å². The first-order chi connectivity index (χ1) is 16.8. The second-order valence-corrected chi connectivity index (χ2v) is 8.91. The summed E-state index contributed by atoms with van der Waals surface area (Å²) in [5, 5.41) is 15.9. The Balaban J connectivity index is 1.39. The molecule has 35 heavy (non-hydrogen) atoms. The van der Waals surface area contributed by atoms with E-state index in [4.69, 9.17) is 11.6 Å². The van der Waals surface area contributed by atoms with Crippen LogP contribution in [-0.4, -0.2) is 52.4 Å². The summed E-state index contributed by atoms with van der Waals surface area (Å²) in [6, 6.07) is 8.30. The molecule has 2 heterocycles. The number of aromatic hydroxyl groups is 1. The second kappa shape index (κ2) is 8.70. The van der Waals surface area contributed by atoms with Crippen LogP contribution in [0.4, 0.5) is 27.1 Å². The molecule has 0 spiro atoms. The smallest absolute Gasteiger partial charge is 0.258 e. The molecule has 2 amide bonds. The van der Waals surface area contributed by atoms with Crippen LogP contribution in [0.3, 0.4) is 0 Å². The van der Waals surface area contributed by atoms with Gasteiger partial charge in [-0.05, 0) is 37.1 Å².